The molecule has 2 rings (SSSR count). The van der Waals surface area contributed by atoms with E-state index >= 15 is 0 Å². The Morgan fingerprint density at radius 3 is 2.52 bits per heavy atom. The van der Waals surface area contributed by atoms with Crippen molar-refractivity contribution >= 4 is 11.6 Å². The molecule has 1 heterocycles. The first-order valence-electron chi connectivity index (χ1n) is 7.95. The Morgan fingerprint density at radius 2 is 1.96 bits per heavy atom. The van der Waals surface area contributed by atoms with Crippen molar-refractivity contribution in [3.8, 4) is 0 Å². The van der Waals surface area contributed by atoms with Crippen LogP contribution >= 0.6 is 0 Å². The van der Waals surface area contributed by atoms with Crippen molar-refractivity contribution in [2.24, 2.45) is 7.05 Å². The van der Waals surface area contributed by atoms with Gasteiger partial charge in [-0.3, -0.25) is 9.48 Å². The van der Waals surface area contributed by atoms with Gasteiger partial charge in [-0.25, -0.2) is 0 Å². The molecule has 1 atom stereocenters. The fraction of sp³-hybridized carbons (Fsp3) is 0.444. The third-order valence-corrected chi connectivity index (χ3v) is 4.23. The predicted molar refractivity (Wildman–Crippen MR) is 92.7 cm³/mol. The number of aromatic nitrogens is 2. The van der Waals surface area contributed by atoms with Crippen LogP contribution in [0, 0.1) is 27.7 Å². The maximum absolute atomic E-state index is 12.3. The number of hydrogen-bond donors (Lipinski definition) is 2. The maximum Gasteiger partial charge on any atom is 0.279 e. The molecule has 0 bridgehead atoms. The van der Waals surface area contributed by atoms with Crippen LogP contribution in [0.25, 0.3) is 0 Å². The summed E-state index contributed by atoms with van der Waals surface area (Å²) in [6.07, 6.45) is 0. The average molecular weight is 315 g/mol. The highest BCUT2D eigenvalue weighted by Crippen LogP contribution is 2.17. The van der Waals surface area contributed by atoms with E-state index in [-0.39, 0.29) is 5.91 Å². The topological polar surface area (TPSA) is 51.4 Å². The molecular formula is C18H27N4O+. The quantitative estimate of drug-likeness (QED) is 0.874. The van der Waals surface area contributed by atoms with Crippen LogP contribution in [0.3, 0.4) is 0 Å². The van der Waals surface area contributed by atoms with Gasteiger partial charge in [-0.05, 0) is 33.3 Å². The van der Waals surface area contributed by atoms with Crippen LogP contribution in [-0.2, 0) is 18.4 Å². The van der Waals surface area contributed by atoms with Gasteiger partial charge in [0, 0.05) is 12.6 Å². The second-order valence-corrected chi connectivity index (χ2v) is 6.46. The minimum atomic E-state index is 0.0199. The zero-order valence-corrected chi connectivity index (χ0v) is 14.9. The van der Waals surface area contributed by atoms with Crippen molar-refractivity contribution < 1.29 is 9.69 Å². The number of benzene rings is 1. The van der Waals surface area contributed by atoms with Gasteiger partial charge in [0.2, 0.25) is 0 Å². The van der Waals surface area contributed by atoms with Crippen molar-refractivity contribution in [3.05, 3.63) is 46.3 Å². The normalized spacial score (nSPS) is 12.3. The van der Waals surface area contributed by atoms with Crippen molar-refractivity contribution in [1.82, 2.24) is 9.78 Å². The molecule has 2 aromatic rings. The van der Waals surface area contributed by atoms with E-state index in [0.717, 1.165) is 28.5 Å². The molecule has 0 aliphatic heterocycles. The largest absolute Gasteiger partial charge is 0.326 e. The molecule has 0 spiro atoms. The lowest BCUT2D eigenvalue weighted by Crippen LogP contribution is -3.08. The molecule has 0 saturated carbocycles. The number of rotatable bonds is 5. The van der Waals surface area contributed by atoms with Gasteiger partial charge in [0.05, 0.1) is 24.1 Å². The summed E-state index contributed by atoms with van der Waals surface area (Å²) in [6.45, 7) is 9.36. The molecule has 124 valence electrons. The molecule has 23 heavy (non-hydrogen) atoms. The second-order valence-electron chi connectivity index (χ2n) is 6.46. The summed E-state index contributed by atoms with van der Waals surface area (Å²) in [5, 5.41) is 7.32. The summed E-state index contributed by atoms with van der Waals surface area (Å²) in [4.78, 5) is 13.5. The minimum absolute atomic E-state index is 0.0199. The van der Waals surface area contributed by atoms with Crippen molar-refractivity contribution in [2.75, 3.05) is 18.9 Å². The second kappa shape index (κ2) is 6.96. The molecule has 2 N–H and O–H groups in total. The van der Waals surface area contributed by atoms with Crippen molar-refractivity contribution in [1.29, 1.82) is 0 Å². The fourth-order valence-electron chi connectivity index (χ4n) is 2.84. The van der Waals surface area contributed by atoms with Gasteiger partial charge < -0.3 is 10.2 Å². The van der Waals surface area contributed by atoms with Crippen LogP contribution in [0.4, 0.5) is 5.69 Å². The third-order valence-electron chi connectivity index (χ3n) is 4.23. The monoisotopic (exact) mass is 315 g/mol. The van der Waals surface area contributed by atoms with Crippen LogP contribution < -0.4 is 10.2 Å². The fourth-order valence-corrected chi connectivity index (χ4v) is 2.84. The van der Waals surface area contributed by atoms with Crippen LogP contribution in [0.15, 0.2) is 18.2 Å². The van der Waals surface area contributed by atoms with Crippen LogP contribution in [0.1, 0.15) is 28.1 Å². The molecule has 1 aromatic heterocycles. The molecule has 1 aromatic carbocycles. The van der Waals surface area contributed by atoms with Gasteiger partial charge in [-0.1, -0.05) is 23.8 Å². The van der Waals surface area contributed by atoms with Gasteiger partial charge in [0.1, 0.15) is 6.54 Å². The molecule has 0 aliphatic rings. The molecule has 0 saturated heterocycles. The Labute approximate surface area is 138 Å². The number of likely N-dealkylation sites (N-methyl/N-ethyl adjacent to an activating group) is 1. The Kier molecular flexibility index (Phi) is 5.21. The van der Waals surface area contributed by atoms with E-state index in [2.05, 4.69) is 42.5 Å². The standard InChI is InChI=1S/C18H26N4O/c1-12-7-8-16(13(2)9-12)10-21(5)11-17(23)19-18-14(3)20-22(6)15(18)4/h7-9H,10-11H2,1-6H3,(H,19,23)/p+1. The molecule has 5 nitrogen and oxygen atoms in total. The zero-order chi connectivity index (χ0) is 17.1. The Morgan fingerprint density at radius 1 is 1.26 bits per heavy atom. The highest BCUT2D eigenvalue weighted by atomic mass is 16.2. The molecule has 1 unspecified atom stereocenters. The zero-order valence-electron chi connectivity index (χ0n) is 14.9. The Hall–Kier alpha value is -2.14. The van der Waals surface area contributed by atoms with Gasteiger partial charge >= 0.3 is 0 Å². The number of carbonyl (C=O) groups is 1. The lowest BCUT2D eigenvalue weighted by atomic mass is 10.1. The van der Waals surface area contributed by atoms with Crippen molar-refractivity contribution in [3.63, 3.8) is 0 Å². The summed E-state index contributed by atoms with van der Waals surface area (Å²) < 4.78 is 1.79. The SMILES string of the molecule is Cc1ccc(C[NH+](C)CC(=O)Nc2c(C)nn(C)c2C)c(C)c1. The number of amides is 1. The molecule has 0 fully saturated rings. The van der Waals surface area contributed by atoms with E-state index in [4.69, 9.17) is 0 Å². The first-order valence-corrected chi connectivity index (χ1v) is 7.95. The smallest absolute Gasteiger partial charge is 0.279 e. The van der Waals surface area contributed by atoms with Gasteiger partial charge in [-0.2, -0.15) is 5.10 Å². The number of anilines is 1. The Bertz CT molecular complexity index is 718. The first kappa shape index (κ1) is 17.2. The van der Waals surface area contributed by atoms with E-state index in [1.54, 1.807) is 4.68 Å². The molecule has 5 heteroatoms. The molecule has 0 aliphatic carbocycles. The lowest BCUT2D eigenvalue weighted by molar-refractivity contribution is -0.885. The van der Waals surface area contributed by atoms with E-state index < -0.39 is 0 Å². The molecular weight excluding hydrogens is 288 g/mol. The van der Waals surface area contributed by atoms with Gasteiger partial charge in [-0.15, -0.1) is 0 Å². The summed E-state index contributed by atoms with van der Waals surface area (Å²) in [7, 11) is 3.93. The van der Waals surface area contributed by atoms with Gasteiger partial charge in [0.15, 0.2) is 6.54 Å². The summed E-state index contributed by atoms with van der Waals surface area (Å²) in [5.74, 6) is 0.0199. The Balaban J connectivity index is 1.97. The van der Waals surface area contributed by atoms with Crippen LogP contribution in [0.5, 0.6) is 0 Å². The molecule has 0 radical (unpaired) electrons. The van der Waals surface area contributed by atoms with Crippen molar-refractivity contribution in [2.45, 2.75) is 34.2 Å². The van der Waals surface area contributed by atoms with E-state index in [9.17, 15) is 4.79 Å². The molecule has 1 amide bonds. The van der Waals surface area contributed by atoms with E-state index in [0.29, 0.717) is 6.54 Å². The number of quaternary nitrogens is 1. The van der Waals surface area contributed by atoms with E-state index in [1.807, 2.05) is 27.9 Å². The maximum atomic E-state index is 12.3. The minimum Gasteiger partial charge on any atom is -0.326 e. The summed E-state index contributed by atoms with van der Waals surface area (Å²) in [6, 6.07) is 6.46. The lowest BCUT2D eigenvalue weighted by Gasteiger charge is -2.15. The highest BCUT2D eigenvalue weighted by Gasteiger charge is 2.16. The van der Waals surface area contributed by atoms with Crippen LogP contribution in [0.2, 0.25) is 0 Å². The summed E-state index contributed by atoms with van der Waals surface area (Å²) in [5.41, 5.74) is 6.49. The summed E-state index contributed by atoms with van der Waals surface area (Å²) >= 11 is 0. The van der Waals surface area contributed by atoms with E-state index in [1.165, 1.54) is 16.7 Å². The van der Waals surface area contributed by atoms with Gasteiger partial charge in [0.25, 0.3) is 5.91 Å². The number of nitrogens with one attached hydrogen (secondary N) is 2. The predicted octanol–water partition coefficient (Wildman–Crippen LogP) is 1.31. The number of nitrogens with zero attached hydrogens (tertiary/aromatic N) is 2. The average Bonchev–Trinajstić information content (AvgIpc) is 2.68. The van der Waals surface area contributed by atoms with Crippen LogP contribution in [-0.4, -0.2) is 29.3 Å². The third kappa shape index (κ3) is 4.20. The number of hydrogen-bond acceptors (Lipinski definition) is 2. The first-order chi connectivity index (χ1) is 10.8. The highest BCUT2D eigenvalue weighted by molar-refractivity contribution is 5.92. The number of aryl methyl sites for hydroxylation is 4. The number of carbonyl (C=O) groups excluding carboxylic acids is 1.